The van der Waals surface area contributed by atoms with Crippen LogP contribution in [0.3, 0.4) is 0 Å². The molecule has 0 amide bonds. The van der Waals surface area contributed by atoms with Crippen molar-refractivity contribution in [3.63, 3.8) is 0 Å². The fraction of sp³-hybridized carbons (Fsp3) is 1.00. The van der Waals surface area contributed by atoms with Crippen molar-refractivity contribution in [2.75, 3.05) is 0 Å². The lowest BCUT2D eigenvalue weighted by Gasteiger charge is -2.22. The number of hydrogen-bond donors (Lipinski definition) is 0. The van der Waals surface area contributed by atoms with Gasteiger partial charge in [-0.3, -0.25) is 0 Å². The molecule has 0 aromatic rings. The molecule has 0 rings (SSSR count). The number of rotatable bonds is 7. The van der Waals surface area contributed by atoms with E-state index in [9.17, 15) is 26.3 Å². The van der Waals surface area contributed by atoms with Crippen LogP contribution in [0.1, 0.15) is 45.4 Å². The van der Waals surface area contributed by atoms with Crippen LogP contribution in [0.4, 0.5) is 26.3 Å². The molecule has 1 unspecified atom stereocenters. The molecule has 16 heavy (non-hydrogen) atoms. The molecule has 0 aromatic heterocycles. The van der Waals surface area contributed by atoms with Crippen LogP contribution in [0.25, 0.3) is 0 Å². The minimum absolute atomic E-state index is 0.0623. The third-order valence-electron chi connectivity index (χ3n) is 2.33. The first kappa shape index (κ1) is 15.6. The summed E-state index contributed by atoms with van der Waals surface area (Å²) in [6.07, 6.45) is -6.57. The van der Waals surface area contributed by atoms with E-state index in [4.69, 9.17) is 0 Å². The molecule has 0 aliphatic rings. The minimum atomic E-state index is -5.80. The molecule has 0 N–H and O–H groups in total. The van der Waals surface area contributed by atoms with E-state index in [1.165, 1.54) is 0 Å². The van der Waals surface area contributed by atoms with Crippen LogP contribution in [-0.4, -0.2) is 18.3 Å². The molecular formula is C10H16F6. The van der Waals surface area contributed by atoms with E-state index in [0.29, 0.717) is 6.42 Å². The number of alkyl halides is 6. The van der Waals surface area contributed by atoms with Crippen LogP contribution in [0, 0.1) is 0 Å². The third kappa shape index (κ3) is 4.61. The summed E-state index contributed by atoms with van der Waals surface area (Å²) in [7, 11) is 0. The Morgan fingerprint density at radius 1 is 0.875 bits per heavy atom. The van der Waals surface area contributed by atoms with Crippen LogP contribution >= 0.6 is 0 Å². The maximum atomic E-state index is 12.7. The molecule has 0 spiro atoms. The molecule has 0 saturated heterocycles. The van der Waals surface area contributed by atoms with Crippen LogP contribution in [0.15, 0.2) is 0 Å². The summed E-state index contributed by atoms with van der Waals surface area (Å²) in [4.78, 5) is 0. The normalized spacial score (nSPS) is 15.2. The zero-order valence-corrected chi connectivity index (χ0v) is 9.09. The second kappa shape index (κ2) is 6.35. The lowest BCUT2D eigenvalue weighted by atomic mass is 10.0. The van der Waals surface area contributed by atoms with Crippen molar-refractivity contribution in [1.82, 2.24) is 0 Å². The van der Waals surface area contributed by atoms with Gasteiger partial charge in [0.15, 0.2) is 6.17 Å². The Morgan fingerprint density at radius 2 is 1.38 bits per heavy atom. The minimum Gasteiger partial charge on any atom is -0.240 e. The van der Waals surface area contributed by atoms with Gasteiger partial charge >= 0.3 is 12.1 Å². The van der Waals surface area contributed by atoms with Crippen molar-refractivity contribution < 1.29 is 26.3 Å². The molecule has 98 valence electrons. The quantitative estimate of drug-likeness (QED) is 0.446. The molecular weight excluding hydrogens is 234 g/mol. The van der Waals surface area contributed by atoms with Gasteiger partial charge in [0.2, 0.25) is 0 Å². The third-order valence-corrected chi connectivity index (χ3v) is 2.33. The first-order valence-corrected chi connectivity index (χ1v) is 5.32. The van der Waals surface area contributed by atoms with Crippen molar-refractivity contribution >= 4 is 0 Å². The van der Waals surface area contributed by atoms with Crippen LogP contribution in [-0.2, 0) is 0 Å². The van der Waals surface area contributed by atoms with E-state index in [2.05, 4.69) is 0 Å². The Labute approximate surface area is 91.0 Å². The van der Waals surface area contributed by atoms with Crippen molar-refractivity contribution in [2.45, 2.75) is 63.7 Å². The Hall–Kier alpha value is -0.420. The maximum Gasteiger partial charge on any atom is 0.456 e. The lowest BCUT2D eigenvalue weighted by Crippen LogP contribution is -2.44. The molecule has 0 heterocycles. The molecule has 0 aliphatic carbocycles. The Balaban J connectivity index is 3.92. The smallest absolute Gasteiger partial charge is 0.240 e. The van der Waals surface area contributed by atoms with Crippen LogP contribution in [0.2, 0.25) is 0 Å². The highest BCUT2D eigenvalue weighted by Gasteiger charge is 2.62. The van der Waals surface area contributed by atoms with Gasteiger partial charge in [0.05, 0.1) is 0 Å². The zero-order chi connectivity index (χ0) is 12.8. The predicted octanol–water partition coefficient (Wildman–Crippen LogP) is 4.88. The largest absolute Gasteiger partial charge is 0.456 e. The van der Waals surface area contributed by atoms with Gasteiger partial charge in [0, 0.05) is 0 Å². The monoisotopic (exact) mass is 250 g/mol. The molecule has 0 fully saturated rings. The van der Waals surface area contributed by atoms with Gasteiger partial charge in [-0.2, -0.15) is 22.0 Å². The fourth-order valence-electron chi connectivity index (χ4n) is 1.29. The van der Waals surface area contributed by atoms with E-state index >= 15 is 0 Å². The predicted molar refractivity (Wildman–Crippen MR) is 49.3 cm³/mol. The maximum absolute atomic E-state index is 12.7. The Kier molecular flexibility index (Phi) is 6.18. The molecule has 0 aromatic carbocycles. The van der Waals surface area contributed by atoms with Gasteiger partial charge in [-0.15, -0.1) is 0 Å². The van der Waals surface area contributed by atoms with Gasteiger partial charge in [-0.25, -0.2) is 4.39 Å². The summed E-state index contributed by atoms with van der Waals surface area (Å²) in [5.74, 6) is -5.22. The average Bonchev–Trinajstić information content (AvgIpc) is 2.15. The van der Waals surface area contributed by atoms with E-state index in [1.54, 1.807) is 0 Å². The number of halogens is 6. The van der Waals surface area contributed by atoms with Crippen molar-refractivity contribution in [1.29, 1.82) is 0 Å². The highest BCUT2D eigenvalue weighted by Crippen LogP contribution is 2.41. The second-order valence-electron chi connectivity index (χ2n) is 3.79. The van der Waals surface area contributed by atoms with Crippen molar-refractivity contribution in [2.24, 2.45) is 0 Å². The van der Waals surface area contributed by atoms with Gasteiger partial charge in [0.25, 0.3) is 0 Å². The lowest BCUT2D eigenvalue weighted by molar-refractivity contribution is -0.303. The van der Waals surface area contributed by atoms with E-state index in [1.807, 2.05) is 6.92 Å². The molecule has 6 heteroatoms. The summed E-state index contributed by atoms with van der Waals surface area (Å²) in [5.41, 5.74) is 0. The van der Waals surface area contributed by atoms with E-state index < -0.39 is 24.7 Å². The summed E-state index contributed by atoms with van der Waals surface area (Å²) >= 11 is 0. The Bertz CT molecular complexity index is 186. The number of hydrogen-bond acceptors (Lipinski definition) is 0. The van der Waals surface area contributed by atoms with Crippen molar-refractivity contribution in [3.8, 4) is 0 Å². The highest BCUT2D eigenvalue weighted by atomic mass is 19.4. The number of unbranched alkanes of at least 4 members (excludes halogenated alkanes) is 4. The summed E-state index contributed by atoms with van der Waals surface area (Å²) in [6.45, 7) is 1.94. The second-order valence-corrected chi connectivity index (χ2v) is 3.79. The van der Waals surface area contributed by atoms with Gasteiger partial charge in [-0.1, -0.05) is 39.0 Å². The zero-order valence-electron chi connectivity index (χ0n) is 9.09. The average molecular weight is 250 g/mol. The van der Waals surface area contributed by atoms with Gasteiger partial charge in [-0.05, 0) is 6.42 Å². The highest BCUT2D eigenvalue weighted by molar-refractivity contribution is 4.84. The molecule has 0 bridgehead atoms. The van der Waals surface area contributed by atoms with Gasteiger partial charge in [0.1, 0.15) is 0 Å². The standard InChI is InChI=1S/C10H16F6/c1-2-3-4-5-6-7-8(11)9(12,13)10(14,15)16/h8H,2-7H2,1H3. The molecule has 0 radical (unpaired) electrons. The molecule has 1 atom stereocenters. The molecule has 0 nitrogen and oxygen atoms in total. The van der Waals surface area contributed by atoms with Gasteiger partial charge < -0.3 is 0 Å². The van der Waals surface area contributed by atoms with E-state index in [0.717, 1.165) is 19.3 Å². The molecule has 0 aliphatic heterocycles. The first-order chi connectivity index (χ1) is 7.23. The summed E-state index contributed by atoms with van der Waals surface area (Å²) < 4.78 is 72.7. The molecule has 0 saturated carbocycles. The fourth-order valence-corrected chi connectivity index (χ4v) is 1.29. The SMILES string of the molecule is CCCCCCCC(F)C(F)(F)C(F)(F)F. The summed E-state index contributed by atoms with van der Waals surface area (Å²) in [6, 6.07) is 0. The first-order valence-electron chi connectivity index (χ1n) is 5.32. The Morgan fingerprint density at radius 3 is 1.81 bits per heavy atom. The van der Waals surface area contributed by atoms with Crippen LogP contribution < -0.4 is 0 Å². The summed E-state index contributed by atoms with van der Waals surface area (Å²) in [5, 5.41) is 0. The van der Waals surface area contributed by atoms with E-state index in [-0.39, 0.29) is 6.42 Å². The van der Waals surface area contributed by atoms with Crippen LogP contribution in [0.5, 0.6) is 0 Å². The topological polar surface area (TPSA) is 0 Å². The van der Waals surface area contributed by atoms with Crippen molar-refractivity contribution in [3.05, 3.63) is 0 Å².